The second-order valence-electron chi connectivity index (χ2n) is 8.74. The summed E-state index contributed by atoms with van der Waals surface area (Å²) in [6.07, 6.45) is 2.32. The molecule has 8 nitrogen and oxygen atoms in total. The number of carbonyl (C=O) groups is 3. The smallest absolute Gasteiger partial charge is 0.245 e. The summed E-state index contributed by atoms with van der Waals surface area (Å²) in [6, 6.07) is 7.05. The zero-order chi connectivity index (χ0) is 22.0. The van der Waals surface area contributed by atoms with Crippen molar-refractivity contribution in [2.45, 2.75) is 44.8 Å². The Balaban J connectivity index is 1.54. The molecule has 0 aromatic heterocycles. The molecule has 0 spiro atoms. The number of amides is 3. The lowest BCUT2D eigenvalue weighted by Gasteiger charge is -2.32. The highest BCUT2D eigenvalue weighted by Crippen LogP contribution is 2.35. The molecule has 4 rings (SSSR count). The van der Waals surface area contributed by atoms with Crippen LogP contribution in [0.4, 0.5) is 0 Å². The third-order valence-electron chi connectivity index (χ3n) is 6.53. The highest BCUT2D eigenvalue weighted by Gasteiger charge is 2.45. The standard InChI is InChI=1S/C23H32N4O4/c1-16(28)26-15-19(13-21(26)23(30)25-10-8-24-9-11-25)27(22(29)18-6-7-18)14-17-4-3-5-20(12-17)31-2/h3-5,12,18-19,21,24H,6-11,13-15H2,1-2H3. The van der Waals surface area contributed by atoms with Gasteiger partial charge in [-0.05, 0) is 37.0 Å². The first-order valence-corrected chi connectivity index (χ1v) is 11.2. The van der Waals surface area contributed by atoms with E-state index in [2.05, 4.69) is 5.32 Å². The number of hydrogen-bond acceptors (Lipinski definition) is 5. The fraction of sp³-hybridized carbons (Fsp3) is 0.609. The van der Waals surface area contributed by atoms with Gasteiger partial charge < -0.3 is 24.8 Å². The van der Waals surface area contributed by atoms with E-state index >= 15 is 0 Å². The third-order valence-corrected chi connectivity index (χ3v) is 6.53. The van der Waals surface area contributed by atoms with Crippen molar-refractivity contribution < 1.29 is 19.1 Å². The normalized spacial score (nSPS) is 23.5. The van der Waals surface area contributed by atoms with Crippen molar-refractivity contribution in [3.8, 4) is 5.75 Å². The Morgan fingerprint density at radius 3 is 2.58 bits per heavy atom. The van der Waals surface area contributed by atoms with Crippen molar-refractivity contribution in [3.63, 3.8) is 0 Å². The van der Waals surface area contributed by atoms with E-state index in [0.717, 1.165) is 37.2 Å². The van der Waals surface area contributed by atoms with E-state index in [1.54, 1.807) is 12.0 Å². The molecule has 3 aliphatic rings. The molecule has 168 valence electrons. The molecule has 0 radical (unpaired) electrons. The van der Waals surface area contributed by atoms with Crippen LogP contribution in [0, 0.1) is 5.92 Å². The molecule has 1 aromatic rings. The number of ether oxygens (including phenoxy) is 1. The lowest BCUT2D eigenvalue weighted by molar-refractivity contribution is -0.143. The Morgan fingerprint density at radius 2 is 1.94 bits per heavy atom. The molecular formula is C23H32N4O4. The maximum Gasteiger partial charge on any atom is 0.245 e. The Labute approximate surface area is 183 Å². The van der Waals surface area contributed by atoms with Crippen molar-refractivity contribution in [2.75, 3.05) is 39.8 Å². The summed E-state index contributed by atoms with van der Waals surface area (Å²) < 4.78 is 5.33. The van der Waals surface area contributed by atoms with Crippen LogP contribution >= 0.6 is 0 Å². The van der Waals surface area contributed by atoms with Crippen molar-refractivity contribution in [1.82, 2.24) is 20.0 Å². The van der Waals surface area contributed by atoms with Gasteiger partial charge >= 0.3 is 0 Å². The van der Waals surface area contributed by atoms with E-state index in [0.29, 0.717) is 32.6 Å². The lowest BCUT2D eigenvalue weighted by atomic mass is 10.1. The van der Waals surface area contributed by atoms with Gasteiger partial charge in [0.2, 0.25) is 17.7 Å². The fourth-order valence-electron chi connectivity index (χ4n) is 4.64. The van der Waals surface area contributed by atoms with E-state index in [1.165, 1.54) is 6.92 Å². The minimum Gasteiger partial charge on any atom is -0.497 e. The van der Waals surface area contributed by atoms with Crippen LogP contribution in [-0.4, -0.2) is 84.3 Å². The summed E-state index contributed by atoms with van der Waals surface area (Å²) in [5.74, 6) is 0.835. The molecule has 2 aliphatic heterocycles. The number of hydrogen-bond donors (Lipinski definition) is 1. The Kier molecular flexibility index (Phi) is 6.46. The topological polar surface area (TPSA) is 82.2 Å². The largest absolute Gasteiger partial charge is 0.497 e. The van der Waals surface area contributed by atoms with E-state index < -0.39 is 6.04 Å². The van der Waals surface area contributed by atoms with Crippen LogP contribution in [0.2, 0.25) is 0 Å². The number of rotatable bonds is 6. The van der Waals surface area contributed by atoms with Crippen molar-refractivity contribution in [3.05, 3.63) is 29.8 Å². The molecule has 2 saturated heterocycles. The zero-order valence-electron chi connectivity index (χ0n) is 18.4. The fourth-order valence-corrected chi connectivity index (χ4v) is 4.64. The van der Waals surface area contributed by atoms with Gasteiger partial charge in [0.25, 0.3) is 0 Å². The number of benzene rings is 1. The second kappa shape index (κ2) is 9.26. The molecule has 2 heterocycles. The molecule has 1 saturated carbocycles. The molecule has 8 heteroatoms. The molecule has 2 atom stereocenters. The van der Waals surface area contributed by atoms with Gasteiger partial charge in [0.1, 0.15) is 11.8 Å². The van der Waals surface area contributed by atoms with Gasteiger partial charge in [0.15, 0.2) is 0 Å². The van der Waals surface area contributed by atoms with E-state index in [4.69, 9.17) is 4.74 Å². The summed E-state index contributed by atoms with van der Waals surface area (Å²) in [6.45, 7) is 5.21. The van der Waals surface area contributed by atoms with Crippen molar-refractivity contribution in [1.29, 1.82) is 0 Å². The average Bonchev–Trinajstić information content (AvgIpc) is 3.55. The first kappa shape index (κ1) is 21.6. The van der Waals surface area contributed by atoms with E-state index in [-0.39, 0.29) is 29.7 Å². The molecule has 1 aromatic carbocycles. The van der Waals surface area contributed by atoms with Gasteiger partial charge in [0, 0.05) is 52.1 Å². The average molecular weight is 429 g/mol. The highest BCUT2D eigenvalue weighted by molar-refractivity contribution is 5.88. The Hall–Kier alpha value is -2.61. The maximum atomic E-state index is 13.2. The van der Waals surface area contributed by atoms with Crippen LogP contribution in [0.3, 0.4) is 0 Å². The number of piperazine rings is 1. The molecule has 31 heavy (non-hydrogen) atoms. The minimum absolute atomic E-state index is 0.000554. The first-order chi connectivity index (χ1) is 15.0. The van der Waals surface area contributed by atoms with Gasteiger partial charge in [-0.3, -0.25) is 14.4 Å². The molecule has 0 bridgehead atoms. The first-order valence-electron chi connectivity index (χ1n) is 11.2. The van der Waals surface area contributed by atoms with E-state index in [9.17, 15) is 14.4 Å². The quantitative estimate of drug-likeness (QED) is 0.727. The van der Waals surface area contributed by atoms with Crippen molar-refractivity contribution >= 4 is 17.7 Å². The third kappa shape index (κ3) is 4.84. The number of likely N-dealkylation sites (tertiary alicyclic amines) is 1. The molecular weight excluding hydrogens is 396 g/mol. The summed E-state index contributed by atoms with van der Waals surface area (Å²) in [5.41, 5.74) is 0.986. The second-order valence-corrected chi connectivity index (χ2v) is 8.74. The monoisotopic (exact) mass is 428 g/mol. The predicted molar refractivity (Wildman–Crippen MR) is 115 cm³/mol. The van der Waals surface area contributed by atoms with Crippen LogP contribution in [0.15, 0.2) is 24.3 Å². The maximum absolute atomic E-state index is 13.2. The van der Waals surface area contributed by atoms with Crippen LogP contribution in [-0.2, 0) is 20.9 Å². The van der Waals surface area contributed by atoms with Crippen LogP contribution in [0.5, 0.6) is 5.75 Å². The molecule has 2 unspecified atom stereocenters. The Bertz CT molecular complexity index is 835. The van der Waals surface area contributed by atoms with E-state index in [1.807, 2.05) is 34.1 Å². The number of methoxy groups -OCH3 is 1. The van der Waals surface area contributed by atoms with Crippen LogP contribution in [0.25, 0.3) is 0 Å². The van der Waals surface area contributed by atoms with Crippen LogP contribution < -0.4 is 10.1 Å². The summed E-state index contributed by atoms with van der Waals surface area (Å²) in [5, 5.41) is 3.25. The van der Waals surface area contributed by atoms with Crippen LogP contribution in [0.1, 0.15) is 31.7 Å². The highest BCUT2D eigenvalue weighted by atomic mass is 16.5. The number of nitrogens with zero attached hydrogens (tertiary/aromatic N) is 3. The minimum atomic E-state index is -0.500. The number of carbonyl (C=O) groups excluding carboxylic acids is 3. The summed E-state index contributed by atoms with van der Waals surface area (Å²) in [7, 11) is 1.63. The van der Waals surface area contributed by atoms with Gasteiger partial charge in [-0.25, -0.2) is 0 Å². The lowest BCUT2D eigenvalue weighted by Crippen LogP contribution is -2.53. The zero-order valence-corrected chi connectivity index (χ0v) is 18.4. The van der Waals surface area contributed by atoms with Gasteiger partial charge in [-0.1, -0.05) is 12.1 Å². The van der Waals surface area contributed by atoms with Gasteiger partial charge in [-0.2, -0.15) is 0 Å². The summed E-state index contributed by atoms with van der Waals surface area (Å²) in [4.78, 5) is 44.2. The van der Waals surface area contributed by atoms with Gasteiger partial charge in [-0.15, -0.1) is 0 Å². The molecule has 3 amide bonds. The van der Waals surface area contributed by atoms with Gasteiger partial charge in [0.05, 0.1) is 13.2 Å². The van der Waals surface area contributed by atoms with Crippen molar-refractivity contribution in [2.24, 2.45) is 5.92 Å². The summed E-state index contributed by atoms with van der Waals surface area (Å²) >= 11 is 0. The Morgan fingerprint density at radius 1 is 1.19 bits per heavy atom. The molecule has 3 fully saturated rings. The molecule has 1 N–H and O–H groups in total. The number of nitrogens with one attached hydrogen (secondary N) is 1. The molecule has 1 aliphatic carbocycles. The predicted octanol–water partition coefficient (Wildman–Crippen LogP) is 0.855. The SMILES string of the molecule is COc1cccc(CN(C(=O)C2CC2)C2CC(C(=O)N3CCNCC3)N(C(C)=O)C2)c1.